The van der Waals surface area contributed by atoms with E-state index >= 15 is 0 Å². The third-order valence-electron chi connectivity index (χ3n) is 3.57. The van der Waals surface area contributed by atoms with Gasteiger partial charge in [-0.1, -0.05) is 6.07 Å². The summed E-state index contributed by atoms with van der Waals surface area (Å²) in [7, 11) is 0. The number of thiophene rings is 1. The zero-order chi connectivity index (χ0) is 15.4. The fourth-order valence-electron chi connectivity index (χ4n) is 2.50. The molecule has 0 saturated carbocycles. The minimum atomic E-state index is -0.250. The number of hydrogen-bond acceptors (Lipinski definition) is 4. The molecule has 0 unspecified atom stereocenters. The molecule has 21 heavy (non-hydrogen) atoms. The van der Waals surface area contributed by atoms with Gasteiger partial charge in [0.05, 0.1) is 31.2 Å². The topological polar surface area (TPSA) is 58.6 Å². The highest BCUT2D eigenvalue weighted by Crippen LogP contribution is 2.24. The molecule has 0 aromatic carbocycles. The second-order valence-electron chi connectivity index (χ2n) is 5.51. The number of ether oxygens (including phenoxy) is 1. The predicted molar refractivity (Wildman–Crippen MR) is 82.1 cm³/mol. The maximum atomic E-state index is 12.6. The van der Waals surface area contributed by atoms with E-state index in [4.69, 9.17) is 4.74 Å². The Balaban J connectivity index is 2.05. The van der Waals surface area contributed by atoms with Crippen LogP contribution in [0.3, 0.4) is 0 Å². The summed E-state index contributed by atoms with van der Waals surface area (Å²) in [6.45, 7) is 6.61. The Morgan fingerprint density at radius 1 is 1.52 bits per heavy atom. The van der Waals surface area contributed by atoms with Crippen LogP contribution in [0.5, 0.6) is 0 Å². The minimum absolute atomic E-state index is 0.0600. The zero-order valence-electron chi connectivity index (χ0n) is 12.7. The first-order chi connectivity index (χ1) is 9.97. The SMILES string of the molecule is CC(=O)N[C@H](CC(=O)N1C[C@@H](C)OC[C@@H]1C)c1cccs1. The van der Waals surface area contributed by atoms with E-state index in [1.807, 2.05) is 36.3 Å². The van der Waals surface area contributed by atoms with Gasteiger partial charge in [-0.2, -0.15) is 0 Å². The summed E-state index contributed by atoms with van der Waals surface area (Å²) in [6, 6.07) is 3.71. The van der Waals surface area contributed by atoms with Crippen LogP contribution < -0.4 is 5.32 Å². The molecule has 2 rings (SSSR count). The molecule has 0 aliphatic carbocycles. The molecule has 5 nitrogen and oxygen atoms in total. The van der Waals surface area contributed by atoms with Crippen molar-refractivity contribution in [2.75, 3.05) is 13.2 Å². The van der Waals surface area contributed by atoms with E-state index in [2.05, 4.69) is 5.32 Å². The van der Waals surface area contributed by atoms with Crippen molar-refractivity contribution < 1.29 is 14.3 Å². The van der Waals surface area contributed by atoms with Crippen LogP contribution in [0.25, 0.3) is 0 Å². The summed E-state index contributed by atoms with van der Waals surface area (Å²) in [4.78, 5) is 26.8. The molecule has 1 aromatic heterocycles. The van der Waals surface area contributed by atoms with Crippen LogP contribution in [0, 0.1) is 0 Å². The Kier molecular flexibility index (Phi) is 5.36. The van der Waals surface area contributed by atoms with Crippen molar-refractivity contribution >= 4 is 23.2 Å². The van der Waals surface area contributed by atoms with Crippen molar-refractivity contribution in [2.45, 2.75) is 45.4 Å². The van der Waals surface area contributed by atoms with E-state index in [0.717, 1.165) is 4.88 Å². The van der Waals surface area contributed by atoms with Crippen molar-refractivity contribution in [1.29, 1.82) is 0 Å². The van der Waals surface area contributed by atoms with E-state index in [-0.39, 0.29) is 36.4 Å². The summed E-state index contributed by atoms with van der Waals surface area (Å²) in [5, 5.41) is 4.82. The molecule has 6 heteroatoms. The molecule has 2 heterocycles. The predicted octanol–water partition coefficient (Wildman–Crippen LogP) is 1.95. The number of nitrogens with one attached hydrogen (secondary N) is 1. The molecule has 1 N–H and O–H groups in total. The van der Waals surface area contributed by atoms with Crippen LogP contribution in [0.2, 0.25) is 0 Å². The summed E-state index contributed by atoms with van der Waals surface area (Å²) < 4.78 is 5.55. The summed E-state index contributed by atoms with van der Waals surface area (Å²) in [6.07, 6.45) is 0.350. The lowest BCUT2D eigenvalue weighted by atomic mass is 10.1. The molecule has 0 radical (unpaired) electrons. The van der Waals surface area contributed by atoms with Gasteiger partial charge in [-0.25, -0.2) is 0 Å². The lowest BCUT2D eigenvalue weighted by Gasteiger charge is -2.37. The highest BCUT2D eigenvalue weighted by molar-refractivity contribution is 7.10. The number of carbonyl (C=O) groups excluding carboxylic acids is 2. The van der Waals surface area contributed by atoms with Gasteiger partial charge in [0, 0.05) is 18.3 Å². The van der Waals surface area contributed by atoms with Gasteiger partial charge in [0.25, 0.3) is 0 Å². The average molecular weight is 310 g/mol. The lowest BCUT2D eigenvalue weighted by Crippen LogP contribution is -2.50. The smallest absolute Gasteiger partial charge is 0.225 e. The Morgan fingerprint density at radius 2 is 2.29 bits per heavy atom. The number of hydrogen-bond donors (Lipinski definition) is 1. The van der Waals surface area contributed by atoms with Crippen molar-refractivity contribution in [3.8, 4) is 0 Å². The van der Waals surface area contributed by atoms with Gasteiger partial charge in [-0.15, -0.1) is 11.3 Å². The molecule has 0 bridgehead atoms. The third kappa shape index (κ3) is 4.28. The summed E-state index contributed by atoms with van der Waals surface area (Å²) in [5.41, 5.74) is 0. The molecule has 1 aliphatic heterocycles. The van der Waals surface area contributed by atoms with Gasteiger partial charge in [0.2, 0.25) is 11.8 Å². The van der Waals surface area contributed by atoms with Crippen LogP contribution in [-0.2, 0) is 14.3 Å². The zero-order valence-corrected chi connectivity index (χ0v) is 13.5. The monoisotopic (exact) mass is 310 g/mol. The average Bonchev–Trinajstić information content (AvgIpc) is 2.94. The second-order valence-corrected chi connectivity index (χ2v) is 6.49. The largest absolute Gasteiger partial charge is 0.375 e. The van der Waals surface area contributed by atoms with Crippen molar-refractivity contribution in [1.82, 2.24) is 10.2 Å². The van der Waals surface area contributed by atoms with Crippen molar-refractivity contribution in [3.05, 3.63) is 22.4 Å². The Hall–Kier alpha value is -1.40. The Morgan fingerprint density at radius 3 is 2.90 bits per heavy atom. The number of morpholine rings is 1. The first-order valence-corrected chi connectivity index (χ1v) is 8.07. The third-order valence-corrected chi connectivity index (χ3v) is 4.56. The van der Waals surface area contributed by atoms with Gasteiger partial charge in [0.15, 0.2) is 0 Å². The molecule has 116 valence electrons. The van der Waals surface area contributed by atoms with Crippen LogP contribution in [0.1, 0.15) is 38.1 Å². The van der Waals surface area contributed by atoms with Gasteiger partial charge in [-0.3, -0.25) is 9.59 Å². The number of carbonyl (C=O) groups is 2. The van der Waals surface area contributed by atoms with Crippen molar-refractivity contribution in [3.63, 3.8) is 0 Å². The normalized spacial score (nSPS) is 23.7. The van der Waals surface area contributed by atoms with Crippen LogP contribution >= 0.6 is 11.3 Å². The first kappa shape index (κ1) is 16.0. The molecule has 3 atom stereocenters. The van der Waals surface area contributed by atoms with Gasteiger partial charge >= 0.3 is 0 Å². The number of amides is 2. The quantitative estimate of drug-likeness (QED) is 0.925. The van der Waals surface area contributed by atoms with Crippen LogP contribution in [0.15, 0.2) is 17.5 Å². The van der Waals surface area contributed by atoms with Crippen molar-refractivity contribution in [2.24, 2.45) is 0 Å². The number of rotatable bonds is 4. The minimum Gasteiger partial charge on any atom is -0.375 e. The molecule has 1 aliphatic rings. The van der Waals surface area contributed by atoms with E-state index in [0.29, 0.717) is 13.2 Å². The van der Waals surface area contributed by atoms with Crippen LogP contribution in [-0.4, -0.2) is 42.0 Å². The highest BCUT2D eigenvalue weighted by atomic mass is 32.1. The fourth-order valence-corrected chi connectivity index (χ4v) is 3.28. The maximum Gasteiger partial charge on any atom is 0.225 e. The molecule has 0 spiro atoms. The van der Waals surface area contributed by atoms with Gasteiger partial charge < -0.3 is 15.0 Å². The van der Waals surface area contributed by atoms with E-state index in [1.165, 1.54) is 6.92 Å². The van der Waals surface area contributed by atoms with E-state index in [1.54, 1.807) is 11.3 Å². The van der Waals surface area contributed by atoms with E-state index < -0.39 is 0 Å². The fraction of sp³-hybridized carbons (Fsp3) is 0.600. The molecular weight excluding hydrogens is 288 g/mol. The molecule has 1 aromatic rings. The van der Waals surface area contributed by atoms with E-state index in [9.17, 15) is 9.59 Å². The highest BCUT2D eigenvalue weighted by Gasteiger charge is 2.29. The standard InChI is InChI=1S/C15H22N2O3S/c1-10-9-20-11(2)8-17(10)15(19)7-13(16-12(3)18)14-5-4-6-21-14/h4-6,10-11,13H,7-9H2,1-3H3,(H,16,18)/t10-,11+,13+/m0/s1. The van der Waals surface area contributed by atoms with Gasteiger partial charge in [0.1, 0.15) is 0 Å². The molecular formula is C15H22N2O3S. The number of nitrogens with zero attached hydrogens (tertiary/aromatic N) is 1. The maximum absolute atomic E-state index is 12.6. The van der Waals surface area contributed by atoms with Crippen LogP contribution in [0.4, 0.5) is 0 Å². The first-order valence-electron chi connectivity index (χ1n) is 7.19. The van der Waals surface area contributed by atoms with Gasteiger partial charge in [-0.05, 0) is 25.3 Å². The second kappa shape index (κ2) is 7.04. The Bertz CT molecular complexity index is 489. The Labute approximate surface area is 129 Å². The summed E-state index contributed by atoms with van der Waals surface area (Å²) >= 11 is 1.55. The lowest BCUT2D eigenvalue weighted by molar-refractivity contribution is -0.143. The molecule has 1 fully saturated rings. The molecule has 1 saturated heterocycles. The summed E-state index contributed by atoms with van der Waals surface area (Å²) in [5.74, 6) is -0.0607. The molecule has 2 amide bonds.